The Hall–Kier alpha value is -1.28. The molecule has 0 radical (unpaired) electrons. The number of nitrogens with one attached hydrogen (secondary N) is 1. The van der Waals surface area contributed by atoms with Crippen LogP contribution < -0.4 is 5.32 Å². The van der Waals surface area contributed by atoms with Gasteiger partial charge in [0, 0.05) is 30.2 Å². The number of benzene rings is 1. The monoisotopic (exact) mass is 230 g/mol. The highest BCUT2D eigenvalue weighted by atomic mass is 15.0. The third-order valence-corrected chi connectivity index (χ3v) is 3.35. The average molecular weight is 230 g/mol. The van der Waals surface area contributed by atoms with E-state index in [4.69, 9.17) is 0 Å². The highest BCUT2D eigenvalue weighted by molar-refractivity contribution is 5.85. The van der Waals surface area contributed by atoms with Crippen molar-refractivity contribution in [3.8, 4) is 0 Å². The van der Waals surface area contributed by atoms with Crippen molar-refractivity contribution in [2.75, 3.05) is 6.54 Å². The number of aryl methyl sites for hydroxylation is 2. The summed E-state index contributed by atoms with van der Waals surface area (Å²) in [5.41, 5.74) is 4.12. The van der Waals surface area contributed by atoms with Crippen LogP contribution in [0.4, 0.5) is 0 Å². The van der Waals surface area contributed by atoms with Crippen molar-refractivity contribution < 1.29 is 0 Å². The molecule has 2 heteroatoms. The van der Waals surface area contributed by atoms with E-state index >= 15 is 0 Å². The number of para-hydroxylation sites is 1. The third kappa shape index (κ3) is 2.37. The lowest BCUT2D eigenvalue weighted by Crippen LogP contribution is -2.20. The highest BCUT2D eigenvalue weighted by Gasteiger charge is 2.10. The maximum Gasteiger partial charge on any atom is 0.0483 e. The fourth-order valence-electron chi connectivity index (χ4n) is 2.37. The summed E-state index contributed by atoms with van der Waals surface area (Å²) in [5.74, 6) is 0.699. The number of hydrogen-bond acceptors (Lipinski definition) is 1. The summed E-state index contributed by atoms with van der Waals surface area (Å²) in [4.78, 5) is 0. The summed E-state index contributed by atoms with van der Waals surface area (Å²) in [7, 11) is 2.15. The summed E-state index contributed by atoms with van der Waals surface area (Å²) < 4.78 is 2.30. The molecule has 0 amide bonds. The minimum absolute atomic E-state index is 0.699. The first-order valence-corrected chi connectivity index (χ1v) is 6.35. The molecule has 0 aliphatic heterocycles. The average Bonchev–Trinajstić information content (AvgIpc) is 2.54. The minimum Gasteiger partial charge on any atom is -0.346 e. The van der Waals surface area contributed by atoms with Gasteiger partial charge in [-0.3, -0.25) is 0 Å². The Morgan fingerprint density at radius 2 is 1.94 bits per heavy atom. The molecule has 0 saturated carbocycles. The minimum atomic E-state index is 0.699. The first-order chi connectivity index (χ1) is 8.11. The molecule has 1 heterocycles. The second-order valence-electron chi connectivity index (χ2n) is 5.17. The maximum atomic E-state index is 3.52. The largest absolute Gasteiger partial charge is 0.346 e. The molecule has 0 unspecified atom stereocenters. The molecule has 0 aliphatic carbocycles. The zero-order valence-corrected chi connectivity index (χ0v) is 11.2. The van der Waals surface area contributed by atoms with Crippen LogP contribution in [-0.2, 0) is 13.6 Å². The lowest BCUT2D eigenvalue weighted by molar-refractivity contribution is 0.542. The zero-order chi connectivity index (χ0) is 12.4. The number of rotatable bonds is 4. The predicted molar refractivity (Wildman–Crippen MR) is 74.2 cm³/mol. The Morgan fingerprint density at radius 1 is 1.24 bits per heavy atom. The SMILES string of the molecule is Cc1c(CNCC(C)C)n(C)c2ccccc12. The van der Waals surface area contributed by atoms with E-state index in [2.05, 4.69) is 62.0 Å². The van der Waals surface area contributed by atoms with Gasteiger partial charge in [-0.15, -0.1) is 0 Å². The molecule has 1 aromatic heterocycles. The Morgan fingerprint density at radius 3 is 2.59 bits per heavy atom. The molecule has 0 bridgehead atoms. The van der Waals surface area contributed by atoms with Crippen LogP contribution in [0.5, 0.6) is 0 Å². The van der Waals surface area contributed by atoms with Gasteiger partial charge in [-0.05, 0) is 31.0 Å². The van der Waals surface area contributed by atoms with Crippen molar-refractivity contribution in [2.24, 2.45) is 13.0 Å². The van der Waals surface area contributed by atoms with Crippen molar-refractivity contribution in [1.29, 1.82) is 0 Å². The first kappa shape index (κ1) is 12.2. The van der Waals surface area contributed by atoms with Crippen molar-refractivity contribution in [2.45, 2.75) is 27.3 Å². The molecular weight excluding hydrogens is 208 g/mol. The van der Waals surface area contributed by atoms with E-state index in [-0.39, 0.29) is 0 Å². The van der Waals surface area contributed by atoms with Crippen LogP contribution in [0.3, 0.4) is 0 Å². The number of nitrogens with zero attached hydrogens (tertiary/aromatic N) is 1. The first-order valence-electron chi connectivity index (χ1n) is 6.35. The van der Waals surface area contributed by atoms with Crippen molar-refractivity contribution in [3.05, 3.63) is 35.5 Å². The van der Waals surface area contributed by atoms with Gasteiger partial charge in [0.1, 0.15) is 0 Å². The van der Waals surface area contributed by atoms with Crippen LogP contribution in [0.1, 0.15) is 25.1 Å². The summed E-state index contributed by atoms with van der Waals surface area (Å²) >= 11 is 0. The molecule has 92 valence electrons. The lowest BCUT2D eigenvalue weighted by Gasteiger charge is -2.09. The standard InChI is InChI=1S/C15H22N2/c1-11(2)9-16-10-15-12(3)13-7-5-6-8-14(13)17(15)4/h5-8,11,16H,9-10H2,1-4H3. The molecule has 0 saturated heterocycles. The fraction of sp³-hybridized carbons (Fsp3) is 0.467. The van der Waals surface area contributed by atoms with Crippen LogP contribution in [0.15, 0.2) is 24.3 Å². The number of fused-ring (bicyclic) bond motifs is 1. The van der Waals surface area contributed by atoms with Crippen molar-refractivity contribution in [3.63, 3.8) is 0 Å². The van der Waals surface area contributed by atoms with Gasteiger partial charge in [-0.2, -0.15) is 0 Å². The van der Waals surface area contributed by atoms with E-state index in [9.17, 15) is 0 Å². The summed E-state index contributed by atoms with van der Waals surface area (Å²) in [5, 5.41) is 4.89. The molecule has 1 N–H and O–H groups in total. The third-order valence-electron chi connectivity index (χ3n) is 3.35. The second-order valence-corrected chi connectivity index (χ2v) is 5.17. The molecule has 0 spiro atoms. The van der Waals surface area contributed by atoms with Crippen LogP contribution in [0.25, 0.3) is 10.9 Å². The number of aromatic nitrogens is 1. The Labute approximate surface area is 104 Å². The molecular formula is C15H22N2. The van der Waals surface area contributed by atoms with E-state index in [1.807, 2.05) is 0 Å². The quantitative estimate of drug-likeness (QED) is 0.853. The van der Waals surface area contributed by atoms with Gasteiger partial charge in [0.15, 0.2) is 0 Å². The topological polar surface area (TPSA) is 17.0 Å². The molecule has 0 fully saturated rings. The zero-order valence-electron chi connectivity index (χ0n) is 11.2. The molecule has 0 atom stereocenters. The van der Waals surface area contributed by atoms with Gasteiger partial charge in [0.25, 0.3) is 0 Å². The molecule has 0 aliphatic rings. The molecule has 2 nitrogen and oxygen atoms in total. The van der Waals surface area contributed by atoms with Crippen LogP contribution in [0.2, 0.25) is 0 Å². The van der Waals surface area contributed by atoms with Gasteiger partial charge < -0.3 is 9.88 Å². The molecule has 2 rings (SSSR count). The van der Waals surface area contributed by atoms with Crippen LogP contribution >= 0.6 is 0 Å². The molecule has 1 aromatic carbocycles. The number of hydrogen-bond donors (Lipinski definition) is 1. The normalized spacial score (nSPS) is 11.6. The van der Waals surface area contributed by atoms with Crippen molar-refractivity contribution >= 4 is 10.9 Å². The Kier molecular flexibility index (Phi) is 3.53. The van der Waals surface area contributed by atoms with E-state index in [0.717, 1.165) is 13.1 Å². The van der Waals surface area contributed by atoms with E-state index in [0.29, 0.717) is 5.92 Å². The highest BCUT2D eigenvalue weighted by Crippen LogP contribution is 2.24. The Balaban J connectivity index is 2.28. The van der Waals surface area contributed by atoms with Crippen LogP contribution in [-0.4, -0.2) is 11.1 Å². The summed E-state index contributed by atoms with van der Waals surface area (Å²) in [6, 6.07) is 8.61. The maximum absolute atomic E-state index is 3.52. The molecule has 2 aromatic rings. The van der Waals surface area contributed by atoms with E-state index < -0.39 is 0 Å². The van der Waals surface area contributed by atoms with Crippen LogP contribution in [0, 0.1) is 12.8 Å². The van der Waals surface area contributed by atoms with Gasteiger partial charge in [0.2, 0.25) is 0 Å². The van der Waals surface area contributed by atoms with E-state index in [1.165, 1.54) is 22.2 Å². The lowest BCUT2D eigenvalue weighted by atomic mass is 10.1. The van der Waals surface area contributed by atoms with E-state index in [1.54, 1.807) is 0 Å². The smallest absolute Gasteiger partial charge is 0.0483 e. The fourth-order valence-corrected chi connectivity index (χ4v) is 2.37. The van der Waals surface area contributed by atoms with Crippen molar-refractivity contribution in [1.82, 2.24) is 9.88 Å². The van der Waals surface area contributed by atoms with Gasteiger partial charge in [-0.1, -0.05) is 32.0 Å². The van der Waals surface area contributed by atoms with Gasteiger partial charge in [0.05, 0.1) is 0 Å². The summed E-state index contributed by atoms with van der Waals surface area (Å²) in [6.07, 6.45) is 0. The van der Waals surface area contributed by atoms with Gasteiger partial charge in [-0.25, -0.2) is 0 Å². The van der Waals surface area contributed by atoms with Gasteiger partial charge >= 0.3 is 0 Å². The molecule has 17 heavy (non-hydrogen) atoms. The second kappa shape index (κ2) is 4.92. The predicted octanol–water partition coefficient (Wildman–Crippen LogP) is 3.23. The Bertz CT molecular complexity index is 470. The summed E-state index contributed by atoms with van der Waals surface area (Å²) in [6.45, 7) is 8.72.